The Morgan fingerprint density at radius 1 is 1.23 bits per heavy atom. The second-order valence-corrected chi connectivity index (χ2v) is 10.8. The van der Waals surface area contributed by atoms with Crippen molar-refractivity contribution in [3.8, 4) is 0 Å². The summed E-state index contributed by atoms with van der Waals surface area (Å²) in [5.41, 5.74) is 3.01. The van der Waals surface area contributed by atoms with Crippen LogP contribution in [0.1, 0.15) is 63.7 Å². The molecule has 5 atom stereocenters. The second kappa shape index (κ2) is 8.17. The van der Waals surface area contributed by atoms with Gasteiger partial charge in [-0.15, -0.1) is 0 Å². The van der Waals surface area contributed by atoms with Crippen molar-refractivity contribution in [3.63, 3.8) is 0 Å². The molecule has 0 unspecified atom stereocenters. The van der Waals surface area contributed by atoms with E-state index in [-0.39, 0.29) is 28.9 Å². The summed E-state index contributed by atoms with van der Waals surface area (Å²) in [5, 5.41) is 3.46. The summed E-state index contributed by atoms with van der Waals surface area (Å²) in [6.45, 7) is 12.1. The number of hydrogen-bond acceptors (Lipinski definition) is 4. The Bertz CT molecular complexity index is 819. The minimum Gasteiger partial charge on any atom is -0.379 e. The summed E-state index contributed by atoms with van der Waals surface area (Å²) < 4.78 is 12.0. The maximum absolute atomic E-state index is 12.4. The number of fused-ring (bicyclic) bond motifs is 1. The average Bonchev–Trinajstić information content (AvgIpc) is 3.27. The molecule has 2 aliphatic carbocycles. The molecule has 5 rings (SSSR count). The van der Waals surface area contributed by atoms with Gasteiger partial charge in [-0.2, -0.15) is 0 Å². The lowest BCUT2D eigenvalue weighted by atomic mass is 9.58. The number of hydrogen-bond donors (Lipinski definition) is 1. The first-order chi connectivity index (χ1) is 14.9. The Kier molecular flexibility index (Phi) is 5.64. The van der Waals surface area contributed by atoms with Crippen LogP contribution in [0.3, 0.4) is 0 Å². The Morgan fingerprint density at radius 2 is 2.03 bits per heavy atom. The van der Waals surface area contributed by atoms with Crippen molar-refractivity contribution < 1.29 is 14.3 Å². The molecule has 170 valence electrons. The Morgan fingerprint density at radius 3 is 2.81 bits per heavy atom. The average molecular weight is 427 g/mol. The number of carbonyl (C=O) groups excluding carboxylic acids is 1. The SMILES string of the molecule is CCC(=O)N[C@H]1C(C)(C)[C@@H]2C[C@@H]3[C@@H](c4cccc(CN5CCOCC5)c4)OCC[C@@]31C2. The summed E-state index contributed by atoms with van der Waals surface area (Å²) >= 11 is 0. The van der Waals surface area contributed by atoms with Gasteiger partial charge in [0.05, 0.1) is 19.3 Å². The predicted molar refractivity (Wildman–Crippen MR) is 120 cm³/mol. The molecular weight excluding hydrogens is 388 g/mol. The Balaban J connectivity index is 1.40. The largest absolute Gasteiger partial charge is 0.379 e. The highest BCUT2D eigenvalue weighted by Gasteiger charge is 2.68. The highest BCUT2D eigenvalue weighted by molar-refractivity contribution is 5.76. The highest BCUT2D eigenvalue weighted by Crippen LogP contribution is 2.70. The van der Waals surface area contributed by atoms with E-state index in [0.29, 0.717) is 18.3 Å². The minimum atomic E-state index is 0.139. The zero-order chi connectivity index (χ0) is 21.6. The van der Waals surface area contributed by atoms with Crippen molar-refractivity contribution in [2.24, 2.45) is 22.7 Å². The fourth-order valence-corrected chi connectivity index (χ4v) is 7.27. The van der Waals surface area contributed by atoms with Crippen LogP contribution in [0.5, 0.6) is 0 Å². The smallest absolute Gasteiger partial charge is 0.219 e. The molecule has 0 radical (unpaired) electrons. The van der Waals surface area contributed by atoms with Gasteiger partial charge in [-0.1, -0.05) is 45.0 Å². The van der Waals surface area contributed by atoms with Gasteiger partial charge < -0.3 is 14.8 Å². The van der Waals surface area contributed by atoms with E-state index in [0.717, 1.165) is 45.9 Å². The van der Waals surface area contributed by atoms with Gasteiger partial charge in [0.25, 0.3) is 0 Å². The number of rotatable bonds is 5. The lowest BCUT2D eigenvalue weighted by Gasteiger charge is -2.53. The molecule has 1 spiro atoms. The molecule has 1 N–H and O–H groups in total. The predicted octanol–water partition coefficient (Wildman–Crippen LogP) is 3.93. The summed E-state index contributed by atoms with van der Waals surface area (Å²) in [6.07, 6.45) is 4.20. The molecule has 2 saturated heterocycles. The molecule has 1 aromatic rings. The highest BCUT2D eigenvalue weighted by atomic mass is 16.5. The fourth-order valence-electron chi connectivity index (χ4n) is 7.27. The third kappa shape index (κ3) is 3.63. The van der Waals surface area contributed by atoms with Crippen LogP contribution in [0.25, 0.3) is 0 Å². The van der Waals surface area contributed by atoms with Gasteiger partial charge in [0, 0.05) is 38.7 Å². The summed E-state index contributed by atoms with van der Waals surface area (Å²) in [6, 6.07) is 9.31. The summed E-state index contributed by atoms with van der Waals surface area (Å²) in [4.78, 5) is 14.9. The van der Waals surface area contributed by atoms with Crippen molar-refractivity contribution in [2.45, 2.75) is 65.1 Å². The Labute approximate surface area is 186 Å². The number of amides is 1. The van der Waals surface area contributed by atoms with Gasteiger partial charge in [0.15, 0.2) is 0 Å². The topological polar surface area (TPSA) is 50.8 Å². The third-order valence-electron chi connectivity index (χ3n) is 8.92. The van der Waals surface area contributed by atoms with Crippen LogP contribution < -0.4 is 5.32 Å². The van der Waals surface area contributed by atoms with E-state index in [1.807, 2.05) is 6.92 Å². The van der Waals surface area contributed by atoms with Crippen molar-refractivity contribution >= 4 is 5.91 Å². The van der Waals surface area contributed by atoms with Gasteiger partial charge in [0.2, 0.25) is 5.91 Å². The first kappa shape index (κ1) is 21.4. The van der Waals surface area contributed by atoms with Crippen LogP contribution in [0.4, 0.5) is 0 Å². The molecule has 2 saturated carbocycles. The fraction of sp³-hybridized carbons (Fsp3) is 0.731. The Hall–Kier alpha value is -1.43. The first-order valence-electron chi connectivity index (χ1n) is 12.2. The van der Waals surface area contributed by atoms with E-state index in [1.54, 1.807) is 0 Å². The van der Waals surface area contributed by atoms with Crippen molar-refractivity contribution in [3.05, 3.63) is 35.4 Å². The van der Waals surface area contributed by atoms with Crippen LogP contribution in [-0.2, 0) is 20.8 Å². The summed E-state index contributed by atoms with van der Waals surface area (Å²) in [5.74, 6) is 1.33. The maximum Gasteiger partial charge on any atom is 0.219 e. The molecule has 0 aromatic heterocycles. The van der Waals surface area contributed by atoms with E-state index in [9.17, 15) is 4.79 Å². The molecular formula is C26H38N2O3. The van der Waals surface area contributed by atoms with Crippen LogP contribution in [-0.4, -0.2) is 49.8 Å². The monoisotopic (exact) mass is 426 g/mol. The van der Waals surface area contributed by atoms with E-state index in [4.69, 9.17) is 9.47 Å². The minimum absolute atomic E-state index is 0.139. The van der Waals surface area contributed by atoms with Gasteiger partial charge in [-0.05, 0) is 53.1 Å². The van der Waals surface area contributed by atoms with Crippen LogP contribution >= 0.6 is 0 Å². The number of morpholine rings is 1. The standard InChI is InChI=1S/C26H38N2O3/c1-4-22(29)27-24-25(2,3)20-15-21-23(31-11-8-26(21,24)16-20)19-7-5-6-18(14-19)17-28-9-12-30-13-10-28/h5-7,14,20-21,23-24H,4,8-13,15-17H2,1-3H3,(H,27,29)/t20-,21-,23-,24+,26-/m1/s1. The number of ether oxygens (including phenoxy) is 2. The van der Waals surface area contributed by atoms with Crippen LogP contribution in [0, 0.1) is 22.7 Å². The molecule has 2 aliphatic heterocycles. The lowest BCUT2D eigenvalue weighted by Crippen LogP contribution is -2.58. The number of nitrogens with one attached hydrogen (secondary N) is 1. The van der Waals surface area contributed by atoms with Gasteiger partial charge in [0.1, 0.15) is 0 Å². The molecule has 1 aromatic carbocycles. The molecule has 5 nitrogen and oxygen atoms in total. The normalized spacial score (nSPS) is 36.9. The zero-order valence-corrected chi connectivity index (χ0v) is 19.4. The third-order valence-corrected chi connectivity index (χ3v) is 8.92. The van der Waals surface area contributed by atoms with Crippen LogP contribution in [0.2, 0.25) is 0 Å². The molecule has 1 amide bonds. The molecule has 31 heavy (non-hydrogen) atoms. The maximum atomic E-state index is 12.4. The van der Waals surface area contributed by atoms with E-state index >= 15 is 0 Å². The lowest BCUT2D eigenvalue weighted by molar-refractivity contribution is -0.137. The number of carbonyl (C=O) groups is 1. The zero-order valence-electron chi connectivity index (χ0n) is 19.4. The van der Waals surface area contributed by atoms with Crippen molar-refractivity contribution in [2.75, 3.05) is 32.9 Å². The van der Waals surface area contributed by atoms with Gasteiger partial charge in [-0.3, -0.25) is 9.69 Å². The molecule has 4 fully saturated rings. The number of benzene rings is 1. The van der Waals surface area contributed by atoms with Crippen molar-refractivity contribution in [1.29, 1.82) is 0 Å². The first-order valence-corrected chi connectivity index (χ1v) is 12.2. The molecule has 5 heteroatoms. The number of nitrogens with zero attached hydrogens (tertiary/aromatic N) is 1. The van der Waals surface area contributed by atoms with Crippen LogP contribution in [0.15, 0.2) is 24.3 Å². The van der Waals surface area contributed by atoms with E-state index in [2.05, 4.69) is 48.3 Å². The van der Waals surface area contributed by atoms with Crippen molar-refractivity contribution in [1.82, 2.24) is 10.2 Å². The van der Waals surface area contributed by atoms with Gasteiger partial charge in [-0.25, -0.2) is 0 Å². The molecule has 4 aliphatic rings. The molecule has 2 bridgehead atoms. The second-order valence-electron chi connectivity index (χ2n) is 10.8. The van der Waals surface area contributed by atoms with E-state index < -0.39 is 0 Å². The van der Waals surface area contributed by atoms with Gasteiger partial charge >= 0.3 is 0 Å². The van der Waals surface area contributed by atoms with E-state index in [1.165, 1.54) is 24.0 Å². The summed E-state index contributed by atoms with van der Waals surface area (Å²) in [7, 11) is 0. The quantitative estimate of drug-likeness (QED) is 0.775. The molecule has 2 heterocycles.